The van der Waals surface area contributed by atoms with Gasteiger partial charge in [-0.2, -0.15) is 10.2 Å². The quantitative estimate of drug-likeness (QED) is 0.188. The predicted molar refractivity (Wildman–Crippen MR) is 204 cm³/mol. The van der Waals surface area contributed by atoms with Crippen molar-refractivity contribution in [1.29, 1.82) is 0 Å². The van der Waals surface area contributed by atoms with E-state index in [9.17, 15) is 9.90 Å². The first-order valence-electron chi connectivity index (χ1n) is 15.7. The summed E-state index contributed by atoms with van der Waals surface area (Å²) in [5, 5.41) is 22.9. The van der Waals surface area contributed by atoms with Crippen LogP contribution < -0.4 is 0 Å². The lowest BCUT2D eigenvalue weighted by molar-refractivity contribution is -0.160. The van der Waals surface area contributed by atoms with E-state index in [-0.39, 0.29) is 0 Å². The van der Waals surface area contributed by atoms with Gasteiger partial charge in [0, 0.05) is 62.4 Å². The Hall–Kier alpha value is -4.09. The number of aliphatic carboxylic acids is 1. The van der Waals surface area contributed by atoms with E-state index in [0.29, 0.717) is 10.6 Å². The Kier molecular flexibility index (Phi) is 9.45. The number of hydrogen-bond acceptors (Lipinski definition) is 6. The van der Waals surface area contributed by atoms with Crippen LogP contribution in [0.3, 0.4) is 0 Å². The van der Waals surface area contributed by atoms with Crippen molar-refractivity contribution in [2.75, 3.05) is 0 Å². The molecule has 49 heavy (non-hydrogen) atoms. The van der Waals surface area contributed by atoms with E-state index in [1.165, 1.54) is 11.1 Å². The van der Waals surface area contributed by atoms with Crippen molar-refractivity contribution in [3.63, 3.8) is 0 Å². The molecule has 0 spiro atoms. The number of aryl methyl sites for hydroxylation is 5. The summed E-state index contributed by atoms with van der Waals surface area (Å²) in [6, 6.07) is 21.7. The summed E-state index contributed by atoms with van der Waals surface area (Å²) in [6.45, 7) is 11.6. The Morgan fingerprint density at radius 2 is 1.43 bits per heavy atom. The van der Waals surface area contributed by atoms with Crippen molar-refractivity contribution in [2.24, 2.45) is 14.1 Å². The fourth-order valence-electron chi connectivity index (χ4n) is 5.92. The van der Waals surface area contributed by atoms with Crippen molar-refractivity contribution in [2.45, 2.75) is 53.2 Å². The van der Waals surface area contributed by atoms with Gasteiger partial charge in [-0.1, -0.05) is 39.7 Å². The first-order valence-corrected chi connectivity index (χ1v) is 17.7. The van der Waals surface area contributed by atoms with Crippen LogP contribution >= 0.6 is 38.9 Å². The molecule has 0 saturated heterocycles. The van der Waals surface area contributed by atoms with Crippen molar-refractivity contribution < 1.29 is 14.6 Å². The molecule has 0 amide bonds. The zero-order valence-electron chi connectivity index (χ0n) is 28.6. The van der Waals surface area contributed by atoms with Crippen LogP contribution in [0.25, 0.3) is 53.7 Å². The van der Waals surface area contributed by atoms with Crippen molar-refractivity contribution in [1.82, 2.24) is 24.5 Å². The molecule has 0 saturated carbocycles. The average molecular weight is 759 g/mol. The Labute approximate surface area is 302 Å². The summed E-state index contributed by atoms with van der Waals surface area (Å²) in [6.07, 6.45) is -1.14. The lowest BCUT2D eigenvalue weighted by Gasteiger charge is -2.28. The number of halogens is 2. The van der Waals surface area contributed by atoms with Crippen molar-refractivity contribution in [3.05, 3.63) is 98.7 Å². The molecular weight excluding hydrogens is 722 g/mol. The van der Waals surface area contributed by atoms with Crippen LogP contribution in [-0.2, 0) is 23.6 Å². The number of nitrogens with zero attached hydrogens (tertiary/aromatic N) is 5. The van der Waals surface area contributed by atoms with E-state index >= 15 is 0 Å². The molecule has 0 bridgehead atoms. The fourth-order valence-corrected chi connectivity index (χ4v) is 7.52. The van der Waals surface area contributed by atoms with Gasteiger partial charge in [-0.05, 0) is 107 Å². The highest BCUT2D eigenvalue weighted by molar-refractivity contribution is 9.10. The summed E-state index contributed by atoms with van der Waals surface area (Å²) in [7, 11) is 3.90. The monoisotopic (exact) mass is 757 g/mol. The topological polar surface area (TPSA) is 95.1 Å². The molecule has 0 aliphatic carbocycles. The van der Waals surface area contributed by atoms with Gasteiger partial charge >= 0.3 is 5.97 Å². The number of fused-ring (bicyclic) bond motifs is 3. The molecule has 8 nitrogen and oxygen atoms in total. The average Bonchev–Trinajstić information content (AvgIpc) is 3.68. The number of benzene rings is 4. The molecule has 3 heterocycles. The third-order valence-electron chi connectivity index (χ3n) is 8.49. The summed E-state index contributed by atoms with van der Waals surface area (Å²) < 4.78 is 11.9. The largest absolute Gasteiger partial charge is 0.479 e. The van der Waals surface area contributed by atoms with Crippen LogP contribution in [0.15, 0.2) is 71.2 Å². The number of aromatic nitrogens is 5. The molecule has 3 aromatic heterocycles. The standard InChI is InChI=1S/C29H28ClN3O3S.C9H9BrN2/c1-15-13-22-26(37-27(31-22)18-9-12-21-20(14-18)16(2)33(6)32-21)24(17-7-10-19(30)11-8-17)23(15)25(28(34)35)36-29(3,4)5;1-6-8-5-7(10)3-4-9(8)11-12(6)2/h7-14,25H,1-6H3,(H,34,35);3-5H,1-2H3/t25-;/m0./s1. The molecular formula is C38H37BrClN5O3S. The molecule has 252 valence electrons. The molecule has 1 N–H and O–H groups in total. The molecule has 4 aromatic carbocycles. The van der Waals surface area contributed by atoms with Gasteiger partial charge in [0.05, 0.1) is 26.9 Å². The number of thiazole rings is 1. The highest BCUT2D eigenvalue weighted by Gasteiger charge is 2.32. The van der Waals surface area contributed by atoms with Crippen molar-refractivity contribution in [3.8, 4) is 21.7 Å². The third-order valence-corrected chi connectivity index (χ3v) is 10.4. The lowest BCUT2D eigenvalue weighted by Crippen LogP contribution is -2.28. The van der Waals surface area contributed by atoms with Gasteiger partial charge in [-0.25, -0.2) is 9.78 Å². The van der Waals surface area contributed by atoms with Gasteiger partial charge in [0.1, 0.15) is 5.01 Å². The highest BCUT2D eigenvalue weighted by Crippen LogP contribution is 2.44. The zero-order chi connectivity index (χ0) is 35.4. The second-order valence-corrected chi connectivity index (χ2v) is 15.5. The maximum atomic E-state index is 12.5. The van der Waals surface area contributed by atoms with Crippen LogP contribution in [0.4, 0.5) is 0 Å². The molecule has 0 radical (unpaired) electrons. The van der Waals surface area contributed by atoms with Crippen molar-refractivity contribution >= 4 is 76.9 Å². The minimum atomic E-state index is -1.14. The number of ether oxygens (including phenoxy) is 1. The van der Waals surface area contributed by atoms with Gasteiger partial charge in [-0.3, -0.25) is 9.36 Å². The van der Waals surface area contributed by atoms with Crippen LogP contribution in [0.2, 0.25) is 5.02 Å². The summed E-state index contributed by atoms with van der Waals surface area (Å²) in [5.41, 5.74) is 8.55. The SMILES string of the molecule is Cc1c2cc(Br)ccc2nn1C.Cc1cc2nc(-c3ccc4nn(C)c(C)c4c3)sc2c(-c2ccc(Cl)cc2)c1[C@H](OC(C)(C)C)C(=O)O. The molecule has 7 rings (SSSR count). The van der Waals surface area contributed by atoms with Gasteiger partial charge < -0.3 is 9.84 Å². The molecule has 7 aromatic rings. The van der Waals surface area contributed by atoms with Gasteiger partial charge in [0.25, 0.3) is 0 Å². The molecule has 1 atom stereocenters. The highest BCUT2D eigenvalue weighted by atomic mass is 79.9. The number of hydrogen-bond donors (Lipinski definition) is 1. The van der Waals surface area contributed by atoms with Crippen LogP contribution in [0, 0.1) is 20.8 Å². The van der Waals surface area contributed by atoms with Gasteiger partial charge in [-0.15, -0.1) is 11.3 Å². The van der Waals surface area contributed by atoms with Gasteiger partial charge in [0.2, 0.25) is 0 Å². The molecule has 0 aliphatic rings. The number of carboxylic acids is 1. The number of rotatable bonds is 5. The van der Waals surface area contributed by atoms with E-state index < -0.39 is 17.7 Å². The zero-order valence-corrected chi connectivity index (χ0v) is 31.8. The van der Waals surface area contributed by atoms with Gasteiger partial charge in [0.15, 0.2) is 6.10 Å². The Morgan fingerprint density at radius 3 is 2.02 bits per heavy atom. The first kappa shape index (κ1) is 34.8. The number of carbonyl (C=O) groups is 1. The molecule has 11 heteroatoms. The normalized spacial score (nSPS) is 12.4. The summed E-state index contributed by atoms with van der Waals surface area (Å²) in [5.74, 6) is -1.03. The lowest BCUT2D eigenvalue weighted by atomic mass is 9.91. The minimum absolute atomic E-state index is 0.611. The summed E-state index contributed by atoms with van der Waals surface area (Å²) in [4.78, 5) is 17.5. The maximum absolute atomic E-state index is 12.5. The predicted octanol–water partition coefficient (Wildman–Crippen LogP) is 10.4. The maximum Gasteiger partial charge on any atom is 0.337 e. The second kappa shape index (κ2) is 13.3. The van der Waals surface area contributed by atoms with E-state index in [4.69, 9.17) is 21.3 Å². The minimum Gasteiger partial charge on any atom is -0.479 e. The molecule has 0 unspecified atom stereocenters. The Bertz CT molecular complexity index is 2370. The first-order chi connectivity index (χ1) is 23.1. The number of carboxylic acid groups (broad SMARTS) is 1. The summed E-state index contributed by atoms with van der Waals surface area (Å²) >= 11 is 11.2. The Balaban J connectivity index is 0.000000291. The fraction of sp³-hybridized carbons (Fsp3) is 0.263. The van der Waals surface area contributed by atoms with Crippen LogP contribution in [0.5, 0.6) is 0 Å². The van der Waals surface area contributed by atoms with E-state index in [0.717, 1.165) is 64.1 Å². The smallest absolute Gasteiger partial charge is 0.337 e. The van der Waals surface area contributed by atoms with Crippen LogP contribution in [-0.4, -0.2) is 41.2 Å². The Morgan fingerprint density at radius 1 is 0.857 bits per heavy atom. The van der Waals surface area contributed by atoms with E-state index in [1.807, 2.05) is 113 Å². The molecule has 0 fully saturated rings. The van der Waals surface area contributed by atoms with E-state index in [2.05, 4.69) is 45.2 Å². The third kappa shape index (κ3) is 7.01. The molecule has 0 aliphatic heterocycles. The van der Waals surface area contributed by atoms with E-state index in [1.54, 1.807) is 11.3 Å². The van der Waals surface area contributed by atoms with Crippen LogP contribution in [0.1, 0.15) is 49.4 Å². The second-order valence-electron chi connectivity index (χ2n) is 13.1.